The Hall–Kier alpha value is -5.07. The van der Waals surface area contributed by atoms with Crippen molar-refractivity contribution in [2.45, 2.75) is 12.7 Å². The molecule has 13 heteroatoms. The van der Waals surface area contributed by atoms with Gasteiger partial charge in [-0.3, -0.25) is 14.4 Å². The maximum Gasteiger partial charge on any atom is 0.418 e. The highest BCUT2D eigenvalue weighted by Crippen LogP contribution is 2.34. The predicted molar refractivity (Wildman–Crippen MR) is 132 cm³/mol. The van der Waals surface area contributed by atoms with Crippen molar-refractivity contribution in [1.29, 1.82) is 0 Å². The summed E-state index contributed by atoms with van der Waals surface area (Å²) in [6.45, 7) is -0.343. The van der Waals surface area contributed by atoms with Crippen LogP contribution in [0.2, 0.25) is 0 Å². The van der Waals surface area contributed by atoms with Gasteiger partial charge in [0.1, 0.15) is 5.75 Å². The van der Waals surface area contributed by atoms with Gasteiger partial charge in [-0.05, 0) is 47.5 Å². The van der Waals surface area contributed by atoms with E-state index in [9.17, 15) is 27.6 Å². The summed E-state index contributed by atoms with van der Waals surface area (Å²) < 4.78 is 55.1. The highest BCUT2D eigenvalue weighted by atomic mass is 19.4. The molecule has 39 heavy (non-hydrogen) atoms. The second-order valence-electron chi connectivity index (χ2n) is 8.02. The molecule has 202 valence electrons. The van der Waals surface area contributed by atoms with Gasteiger partial charge in [0.2, 0.25) is 6.79 Å². The SMILES string of the molecule is O=C(COc1cccc(/C=N\NC(=O)C(=O)NCc2ccc3c(c2)OCO3)c1)Nc1ccccc1C(F)(F)F. The van der Waals surface area contributed by atoms with Gasteiger partial charge >= 0.3 is 18.0 Å². The molecule has 0 aromatic heterocycles. The summed E-state index contributed by atoms with van der Waals surface area (Å²) in [6, 6.07) is 15.9. The van der Waals surface area contributed by atoms with Crippen LogP contribution >= 0.6 is 0 Å². The Bertz CT molecular complexity index is 1410. The van der Waals surface area contributed by atoms with Crippen LogP contribution in [0.15, 0.2) is 71.8 Å². The minimum atomic E-state index is -4.62. The quantitative estimate of drug-likeness (QED) is 0.228. The lowest BCUT2D eigenvalue weighted by atomic mass is 10.1. The largest absolute Gasteiger partial charge is 0.484 e. The average molecular weight is 542 g/mol. The lowest BCUT2D eigenvalue weighted by Gasteiger charge is -2.13. The van der Waals surface area contributed by atoms with E-state index in [1.165, 1.54) is 30.5 Å². The molecule has 3 amide bonds. The van der Waals surface area contributed by atoms with E-state index in [0.717, 1.165) is 12.1 Å². The average Bonchev–Trinajstić information content (AvgIpc) is 3.38. The number of ether oxygens (including phenoxy) is 3. The van der Waals surface area contributed by atoms with Gasteiger partial charge < -0.3 is 24.8 Å². The number of fused-ring (bicyclic) bond motifs is 1. The highest BCUT2D eigenvalue weighted by molar-refractivity contribution is 6.35. The zero-order valence-corrected chi connectivity index (χ0v) is 20.1. The first kappa shape index (κ1) is 27.0. The number of hydrogen-bond donors (Lipinski definition) is 3. The molecule has 3 N–H and O–H groups in total. The van der Waals surface area contributed by atoms with E-state index in [-0.39, 0.29) is 24.8 Å². The molecule has 0 unspecified atom stereocenters. The number of hydrazone groups is 1. The lowest BCUT2D eigenvalue weighted by Crippen LogP contribution is -2.37. The summed E-state index contributed by atoms with van der Waals surface area (Å²) in [7, 11) is 0. The summed E-state index contributed by atoms with van der Waals surface area (Å²) >= 11 is 0. The molecule has 1 aliphatic rings. The fourth-order valence-electron chi connectivity index (χ4n) is 3.39. The molecule has 0 bridgehead atoms. The van der Waals surface area contributed by atoms with Crippen LogP contribution in [-0.4, -0.2) is 37.3 Å². The Morgan fingerprint density at radius 1 is 0.949 bits per heavy atom. The second kappa shape index (κ2) is 12.0. The van der Waals surface area contributed by atoms with E-state index in [0.29, 0.717) is 22.6 Å². The van der Waals surface area contributed by atoms with Gasteiger partial charge in [0.05, 0.1) is 17.5 Å². The normalized spacial score (nSPS) is 12.2. The molecule has 0 spiro atoms. The summed E-state index contributed by atoms with van der Waals surface area (Å²) in [5.41, 5.74) is 1.91. The smallest absolute Gasteiger partial charge is 0.418 e. The molecule has 0 radical (unpaired) electrons. The summed E-state index contributed by atoms with van der Waals surface area (Å²) in [5.74, 6) is -1.30. The number of carbonyl (C=O) groups excluding carboxylic acids is 3. The van der Waals surface area contributed by atoms with Crippen LogP contribution in [0, 0.1) is 0 Å². The van der Waals surface area contributed by atoms with Gasteiger partial charge in [-0.25, -0.2) is 5.43 Å². The minimum absolute atomic E-state index is 0.0847. The monoisotopic (exact) mass is 542 g/mol. The van der Waals surface area contributed by atoms with Gasteiger partial charge in [0.15, 0.2) is 18.1 Å². The van der Waals surface area contributed by atoms with Crippen LogP contribution in [0.25, 0.3) is 0 Å². The van der Waals surface area contributed by atoms with Crippen LogP contribution < -0.4 is 30.3 Å². The molecule has 4 rings (SSSR count). The molecule has 10 nitrogen and oxygen atoms in total. The van der Waals surface area contributed by atoms with E-state index >= 15 is 0 Å². The molecule has 1 aliphatic heterocycles. The van der Waals surface area contributed by atoms with Gasteiger partial charge in [-0.15, -0.1) is 0 Å². The van der Waals surface area contributed by atoms with Crippen LogP contribution in [0.5, 0.6) is 17.2 Å². The Morgan fingerprint density at radius 3 is 2.56 bits per heavy atom. The van der Waals surface area contributed by atoms with Crippen molar-refractivity contribution in [1.82, 2.24) is 10.7 Å². The van der Waals surface area contributed by atoms with Crippen LogP contribution in [-0.2, 0) is 27.1 Å². The fraction of sp³-hybridized carbons (Fsp3) is 0.154. The van der Waals surface area contributed by atoms with Crippen molar-refractivity contribution in [3.63, 3.8) is 0 Å². The lowest BCUT2D eigenvalue weighted by molar-refractivity contribution is -0.139. The Kier molecular flexibility index (Phi) is 8.29. The molecule has 0 saturated carbocycles. The number of hydrogen-bond acceptors (Lipinski definition) is 7. The number of anilines is 1. The highest BCUT2D eigenvalue weighted by Gasteiger charge is 2.33. The minimum Gasteiger partial charge on any atom is -0.484 e. The Morgan fingerprint density at radius 2 is 1.74 bits per heavy atom. The third-order valence-corrected chi connectivity index (χ3v) is 5.21. The third kappa shape index (κ3) is 7.47. The molecule has 0 aliphatic carbocycles. The number of nitrogens with zero attached hydrogens (tertiary/aromatic N) is 1. The van der Waals surface area contributed by atoms with E-state index in [1.54, 1.807) is 30.3 Å². The van der Waals surface area contributed by atoms with Crippen molar-refractivity contribution in [3.05, 3.63) is 83.4 Å². The summed E-state index contributed by atoms with van der Waals surface area (Å²) in [6.07, 6.45) is -3.38. The molecule has 1 heterocycles. The van der Waals surface area contributed by atoms with E-state index in [1.807, 2.05) is 0 Å². The summed E-state index contributed by atoms with van der Waals surface area (Å²) in [4.78, 5) is 36.2. The maximum atomic E-state index is 13.1. The number of benzene rings is 3. The predicted octanol–water partition coefficient (Wildman–Crippen LogP) is 3.22. The first-order valence-corrected chi connectivity index (χ1v) is 11.4. The number of halogens is 3. The van der Waals surface area contributed by atoms with Gasteiger partial charge in [-0.1, -0.05) is 30.3 Å². The molecule has 0 saturated heterocycles. The number of nitrogens with one attached hydrogen (secondary N) is 3. The Balaban J connectivity index is 1.23. The molecule has 3 aromatic carbocycles. The van der Waals surface area contributed by atoms with Crippen molar-refractivity contribution in [2.75, 3.05) is 18.7 Å². The topological polar surface area (TPSA) is 127 Å². The Labute approximate surface area is 219 Å². The number of para-hydroxylation sites is 1. The van der Waals surface area contributed by atoms with Crippen molar-refractivity contribution in [2.24, 2.45) is 5.10 Å². The maximum absolute atomic E-state index is 13.1. The molecule has 0 atom stereocenters. The third-order valence-electron chi connectivity index (χ3n) is 5.21. The van der Waals surface area contributed by atoms with Crippen molar-refractivity contribution in [3.8, 4) is 17.2 Å². The van der Waals surface area contributed by atoms with Gasteiger partial charge in [0.25, 0.3) is 5.91 Å². The zero-order valence-electron chi connectivity index (χ0n) is 20.1. The summed E-state index contributed by atoms with van der Waals surface area (Å²) in [5, 5.41) is 8.37. The number of alkyl halides is 3. The molecule has 0 fully saturated rings. The van der Waals surface area contributed by atoms with Gasteiger partial charge in [-0.2, -0.15) is 18.3 Å². The first-order valence-electron chi connectivity index (χ1n) is 11.4. The molecular formula is C26H21F3N4O6. The van der Waals surface area contributed by atoms with Crippen molar-refractivity contribution >= 4 is 29.6 Å². The van der Waals surface area contributed by atoms with Crippen LogP contribution in [0.3, 0.4) is 0 Å². The van der Waals surface area contributed by atoms with Crippen LogP contribution in [0.1, 0.15) is 16.7 Å². The van der Waals surface area contributed by atoms with Crippen LogP contribution in [0.4, 0.5) is 18.9 Å². The van der Waals surface area contributed by atoms with E-state index < -0.39 is 36.1 Å². The van der Waals surface area contributed by atoms with Crippen molar-refractivity contribution < 1.29 is 41.8 Å². The second-order valence-corrected chi connectivity index (χ2v) is 8.02. The zero-order chi connectivity index (χ0) is 27.8. The fourth-order valence-corrected chi connectivity index (χ4v) is 3.39. The molecular weight excluding hydrogens is 521 g/mol. The number of amides is 3. The van der Waals surface area contributed by atoms with Gasteiger partial charge in [0, 0.05) is 6.54 Å². The molecule has 3 aromatic rings. The standard InChI is InChI=1S/C26H21F3N4O6/c27-26(28,29)19-6-1-2-7-20(19)32-23(34)14-37-18-5-3-4-16(10-18)13-31-33-25(36)24(35)30-12-17-8-9-21-22(11-17)39-15-38-21/h1-11,13H,12,14-15H2,(H,30,35)(H,32,34)(H,33,36)/b31-13-. The van der Waals surface area contributed by atoms with E-state index in [2.05, 4.69) is 21.2 Å². The van der Waals surface area contributed by atoms with E-state index in [4.69, 9.17) is 14.2 Å². The first-order chi connectivity index (χ1) is 18.7. The number of rotatable bonds is 8. The number of carbonyl (C=O) groups is 3.